The molecule has 1 aromatic rings. The second kappa shape index (κ2) is 6.80. The van der Waals surface area contributed by atoms with E-state index in [1.54, 1.807) is 0 Å². The minimum atomic E-state index is -4.02. The van der Waals surface area contributed by atoms with Crippen LogP contribution in [0.15, 0.2) is 23.1 Å². The molecule has 10 heteroatoms. The first-order valence-corrected chi connectivity index (χ1v) is 7.53. The molecule has 0 fully saturated rings. The number of rotatable bonds is 7. The van der Waals surface area contributed by atoms with Gasteiger partial charge in [0.2, 0.25) is 10.0 Å². The normalized spacial score (nSPS) is 13.2. The second-order valence-electron chi connectivity index (χ2n) is 4.55. The van der Waals surface area contributed by atoms with E-state index in [0.717, 1.165) is 16.4 Å². The summed E-state index contributed by atoms with van der Waals surface area (Å²) in [6.07, 6.45) is -0.437. The van der Waals surface area contributed by atoms with Crippen LogP contribution in [0.1, 0.15) is 13.3 Å². The Kier molecular flexibility index (Phi) is 5.61. The monoisotopic (exact) mass is 318 g/mol. The fourth-order valence-corrected chi connectivity index (χ4v) is 2.94. The number of hydrogen-bond donors (Lipinski definition) is 3. The molecule has 1 unspecified atom stereocenters. The van der Waals surface area contributed by atoms with Crippen molar-refractivity contribution in [3.8, 4) is 0 Å². The highest BCUT2D eigenvalue weighted by molar-refractivity contribution is 7.89. The van der Waals surface area contributed by atoms with Gasteiger partial charge in [-0.05, 0) is 25.5 Å². The molecule has 21 heavy (non-hydrogen) atoms. The molecule has 9 nitrogen and oxygen atoms in total. The molecule has 0 bridgehead atoms. The summed E-state index contributed by atoms with van der Waals surface area (Å²) >= 11 is 0. The van der Waals surface area contributed by atoms with E-state index in [2.05, 4.69) is 5.43 Å². The van der Waals surface area contributed by atoms with Gasteiger partial charge < -0.3 is 10.5 Å². The maximum atomic E-state index is 12.4. The molecule has 1 aromatic carbocycles. The van der Waals surface area contributed by atoms with E-state index in [9.17, 15) is 23.6 Å². The maximum absolute atomic E-state index is 12.4. The summed E-state index contributed by atoms with van der Waals surface area (Å²) in [5.74, 6) is 5.16. The first-order chi connectivity index (χ1) is 9.70. The van der Waals surface area contributed by atoms with Crippen LogP contribution in [-0.4, -0.2) is 42.4 Å². The van der Waals surface area contributed by atoms with Crippen molar-refractivity contribution < 1.29 is 18.4 Å². The van der Waals surface area contributed by atoms with Crippen LogP contribution in [0.2, 0.25) is 0 Å². The fraction of sp³-hybridized carbons (Fsp3) is 0.455. The SMILES string of the molecule is CC(O)CCN(C)S(=O)(=O)c1ccc(NN)cc1[N+](=O)[O-]. The zero-order valence-corrected chi connectivity index (χ0v) is 12.5. The molecule has 1 atom stereocenters. The summed E-state index contributed by atoms with van der Waals surface area (Å²) in [4.78, 5) is 9.84. The topological polar surface area (TPSA) is 139 Å². The molecule has 0 aliphatic heterocycles. The number of aliphatic hydroxyl groups is 1. The number of nitro groups is 1. The number of hydrazine groups is 1. The van der Waals surface area contributed by atoms with Gasteiger partial charge in [0.15, 0.2) is 4.90 Å². The molecule has 118 valence electrons. The van der Waals surface area contributed by atoms with Gasteiger partial charge in [-0.25, -0.2) is 12.7 Å². The van der Waals surface area contributed by atoms with Gasteiger partial charge in [-0.2, -0.15) is 0 Å². The first-order valence-electron chi connectivity index (χ1n) is 6.09. The Balaban J connectivity index is 3.21. The van der Waals surface area contributed by atoms with Crippen molar-refractivity contribution in [2.45, 2.75) is 24.3 Å². The molecule has 0 radical (unpaired) electrons. The van der Waals surface area contributed by atoms with Crippen LogP contribution in [0.4, 0.5) is 11.4 Å². The summed E-state index contributed by atoms with van der Waals surface area (Å²) < 4.78 is 25.7. The lowest BCUT2D eigenvalue weighted by atomic mass is 10.3. The fourth-order valence-electron chi connectivity index (χ4n) is 1.62. The second-order valence-corrected chi connectivity index (χ2v) is 6.56. The van der Waals surface area contributed by atoms with E-state index < -0.39 is 31.6 Å². The van der Waals surface area contributed by atoms with E-state index in [-0.39, 0.29) is 18.7 Å². The molecule has 0 saturated heterocycles. The molecule has 0 aromatic heterocycles. The minimum absolute atomic E-state index is 0.0496. The molecular formula is C11H18N4O5S. The largest absolute Gasteiger partial charge is 0.393 e. The van der Waals surface area contributed by atoms with Crippen LogP contribution in [0.5, 0.6) is 0 Å². The van der Waals surface area contributed by atoms with Gasteiger partial charge in [-0.3, -0.25) is 16.0 Å². The van der Waals surface area contributed by atoms with Gasteiger partial charge in [0.1, 0.15) is 0 Å². The molecular weight excluding hydrogens is 300 g/mol. The Hall–Kier alpha value is -1.75. The molecule has 0 spiro atoms. The van der Waals surface area contributed by atoms with Crippen molar-refractivity contribution in [2.75, 3.05) is 19.0 Å². The number of nitro benzene ring substituents is 1. The number of nitrogens with two attached hydrogens (primary N) is 1. The predicted octanol–water partition coefficient (Wildman–Crippen LogP) is 0.272. The lowest BCUT2D eigenvalue weighted by molar-refractivity contribution is -0.387. The molecule has 0 heterocycles. The number of aliphatic hydroxyl groups excluding tert-OH is 1. The van der Waals surface area contributed by atoms with Gasteiger partial charge in [-0.15, -0.1) is 0 Å². The zero-order chi connectivity index (χ0) is 16.2. The summed E-state index contributed by atoms with van der Waals surface area (Å²) in [5, 5.41) is 20.2. The van der Waals surface area contributed by atoms with E-state index >= 15 is 0 Å². The third-order valence-corrected chi connectivity index (χ3v) is 4.78. The van der Waals surface area contributed by atoms with E-state index in [1.165, 1.54) is 20.0 Å². The summed E-state index contributed by atoms with van der Waals surface area (Å²) in [7, 11) is -2.72. The van der Waals surface area contributed by atoms with Gasteiger partial charge in [0.25, 0.3) is 5.69 Å². The number of anilines is 1. The van der Waals surface area contributed by atoms with Crippen LogP contribution in [0.25, 0.3) is 0 Å². The Bertz CT molecular complexity index is 617. The molecule has 0 amide bonds. The highest BCUT2D eigenvalue weighted by atomic mass is 32.2. The predicted molar refractivity (Wildman–Crippen MR) is 77.0 cm³/mol. The van der Waals surface area contributed by atoms with E-state index in [0.29, 0.717) is 0 Å². The van der Waals surface area contributed by atoms with Crippen molar-refractivity contribution >= 4 is 21.4 Å². The third kappa shape index (κ3) is 4.11. The van der Waals surface area contributed by atoms with Gasteiger partial charge in [0.05, 0.1) is 16.7 Å². The Morgan fingerprint density at radius 3 is 2.62 bits per heavy atom. The zero-order valence-electron chi connectivity index (χ0n) is 11.7. The van der Waals surface area contributed by atoms with Crippen molar-refractivity contribution in [3.05, 3.63) is 28.3 Å². The average molecular weight is 318 g/mol. The highest BCUT2D eigenvalue weighted by Crippen LogP contribution is 2.29. The lowest BCUT2D eigenvalue weighted by Gasteiger charge is -2.18. The van der Waals surface area contributed by atoms with Gasteiger partial charge in [-0.1, -0.05) is 0 Å². The van der Waals surface area contributed by atoms with Crippen molar-refractivity contribution in [2.24, 2.45) is 5.84 Å². The van der Waals surface area contributed by atoms with Gasteiger partial charge >= 0.3 is 0 Å². The van der Waals surface area contributed by atoms with Crippen molar-refractivity contribution in [3.63, 3.8) is 0 Å². The van der Waals surface area contributed by atoms with Crippen molar-refractivity contribution in [1.29, 1.82) is 0 Å². The van der Waals surface area contributed by atoms with Crippen LogP contribution >= 0.6 is 0 Å². The standard InChI is InChI=1S/C11H18N4O5S/c1-8(16)5-6-14(2)21(19,20)11-4-3-9(13-12)7-10(11)15(17)18/h3-4,7-8,13,16H,5-6,12H2,1-2H3. The molecule has 1 rings (SSSR count). The third-order valence-electron chi connectivity index (χ3n) is 2.87. The Morgan fingerprint density at radius 2 is 2.14 bits per heavy atom. The smallest absolute Gasteiger partial charge is 0.291 e. The lowest BCUT2D eigenvalue weighted by Crippen LogP contribution is -2.30. The molecule has 0 aliphatic carbocycles. The van der Waals surface area contributed by atoms with Crippen LogP contribution in [-0.2, 0) is 10.0 Å². The summed E-state index contributed by atoms with van der Waals surface area (Å²) in [6.45, 7) is 1.58. The number of nitrogens with zero attached hydrogens (tertiary/aromatic N) is 2. The first kappa shape index (κ1) is 17.3. The van der Waals surface area contributed by atoms with Crippen LogP contribution in [0.3, 0.4) is 0 Å². The summed E-state index contributed by atoms with van der Waals surface area (Å²) in [6, 6.07) is 3.51. The summed E-state index contributed by atoms with van der Waals surface area (Å²) in [5.41, 5.74) is 1.89. The quantitative estimate of drug-likeness (QED) is 0.372. The maximum Gasteiger partial charge on any atom is 0.291 e. The molecule has 0 saturated carbocycles. The minimum Gasteiger partial charge on any atom is -0.393 e. The number of hydrogen-bond acceptors (Lipinski definition) is 7. The molecule has 4 N–H and O–H groups in total. The average Bonchev–Trinajstić information content (AvgIpc) is 2.43. The highest BCUT2D eigenvalue weighted by Gasteiger charge is 2.29. The number of sulfonamides is 1. The number of nitrogen functional groups attached to an aromatic ring is 1. The van der Waals surface area contributed by atoms with Crippen LogP contribution in [0, 0.1) is 10.1 Å². The Labute approximate surface area is 122 Å². The van der Waals surface area contributed by atoms with E-state index in [1.807, 2.05) is 0 Å². The van der Waals surface area contributed by atoms with E-state index in [4.69, 9.17) is 5.84 Å². The molecule has 0 aliphatic rings. The van der Waals surface area contributed by atoms with Gasteiger partial charge in [0, 0.05) is 19.7 Å². The van der Waals surface area contributed by atoms with Crippen LogP contribution < -0.4 is 11.3 Å². The number of benzene rings is 1. The Morgan fingerprint density at radius 1 is 1.52 bits per heavy atom. The van der Waals surface area contributed by atoms with Crippen molar-refractivity contribution in [1.82, 2.24) is 4.31 Å². The number of nitrogens with one attached hydrogen (secondary N) is 1.